The molecule has 1 saturated heterocycles. The van der Waals surface area contributed by atoms with Gasteiger partial charge in [-0.25, -0.2) is 4.68 Å². The number of likely N-dealkylation sites (tertiary alicyclic amines) is 1. The Balaban J connectivity index is 1.32. The van der Waals surface area contributed by atoms with Gasteiger partial charge in [0, 0.05) is 50.7 Å². The fourth-order valence-electron chi connectivity index (χ4n) is 5.32. The van der Waals surface area contributed by atoms with E-state index in [0.717, 1.165) is 44.2 Å². The van der Waals surface area contributed by atoms with Gasteiger partial charge in [-0.2, -0.15) is 0 Å². The Bertz CT molecular complexity index is 995. The predicted molar refractivity (Wildman–Crippen MR) is 118 cm³/mol. The van der Waals surface area contributed by atoms with Crippen molar-refractivity contribution in [2.45, 2.75) is 37.9 Å². The summed E-state index contributed by atoms with van der Waals surface area (Å²) in [6.45, 7) is 5.54. The number of hydrogen-bond acceptors (Lipinski definition) is 4. The summed E-state index contributed by atoms with van der Waals surface area (Å²) in [7, 11) is 0. The highest BCUT2D eigenvalue weighted by Crippen LogP contribution is 2.37. The lowest BCUT2D eigenvalue weighted by atomic mass is 10.1. The van der Waals surface area contributed by atoms with Crippen LogP contribution in [0.2, 0.25) is 0 Å². The van der Waals surface area contributed by atoms with E-state index in [0.29, 0.717) is 12.1 Å². The molecule has 1 aliphatic carbocycles. The SMILES string of the molecule is c1ccc(CN2C[C@@H]3[C@H](C2)N(CC2CC2)CCc2c(-c4ccccc4)nnn23)cc1. The smallest absolute Gasteiger partial charge is 0.116 e. The first-order chi connectivity index (χ1) is 14.8. The Morgan fingerprint density at radius 1 is 0.867 bits per heavy atom. The van der Waals surface area contributed by atoms with Gasteiger partial charge in [-0.1, -0.05) is 65.9 Å². The summed E-state index contributed by atoms with van der Waals surface area (Å²) in [4.78, 5) is 5.39. The zero-order chi connectivity index (χ0) is 19.9. The lowest BCUT2D eigenvalue weighted by Gasteiger charge is -2.30. The molecular formula is C25H29N5. The third-order valence-electron chi connectivity index (χ3n) is 7.03. The van der Waals surface area contributed by atoms with Crippen LogP contribution in [-0.2, 0) is 13.0 Å². The quantitative estimate of drug-likeness (QED) is 0.656. The monoisotopic (exact) mass is 399 g/mol. The average molecular weight is 400 g/mol. The van der Waals surface area contributed by atoms with E-state index in [9.17, 15) is 0 Å². The summed E-state index contributed by atoms with van der Waals surface area (Å²) in [5, 5.41) is 9.37. The lowest BCUT2D eigenvalue weighted by molar-refractivity contribution is 0.169. The van der Waals surface area contributed by atoms with Crippen LogP contribution < -0.4 is 0 Å². The molecular weight excluding hydrogens is 370 g/mol. The molecule has 0 spiro atoms. The van der Waals surface area contributed by atoms with Gasteiger partial charge in [-0.15, -0.1) is 5.10 Å². The lowest BCUT2D eigenvalue weighted by Crippen LogP contribution is -2.42. The van der Waals surface area contributed by atoms with E-state index >= 15 is 0 Å². The first-order valence-electron chi connectivity index (χ1n) is 11.3. The molecule has 5 nitrogen and oxygen atoms in total. The summed E-state index contributed by atoms with van der Waals surface area (Å²) in [6.07, 6.45) is 3.85. The van der Waals surface area contributed by atoms with Crippen molar-refractivity contribution in [1.29, 1.82) is 0 Å². The van der Waals surface area contributed by atoms with Crippen LogP contribution in [-0.4, -0.2) is 57.0 Å². The Labute approximate surface area is 178 Å². The van der Waals surface area contributed by atoms with Crippen molar-refractivity contribution >= 4 is 0 Å². The van der Waals surface area contributed by atoms with Crippen LogP contribution in [0.25, 0.3) is 11.3 Å². The van der Waals surface area contributed by atoms with E-state index in [4.69, 9.17) is 5.21 Å². The second-order valence-corrected chi connectivity index (χ2v) is 9.20. The van der Waals surface area contributed by atoms with Crippen molar-refractivity contribution in [2.75, 3.05) is 26.2 Å². The normalized spacial score (nSPS) is 24.4. The minimum absolute atomic E-state index is 0.384. The molecule has 1 aromatic heterocycles. The van der Waals surface area contributed by atoms with Crippen LogP contribution in [0.3, 0.4) is 0 Å². The number of fused-ring (bicyclic) bond motifs is 3. The highest BCUT2D eigenvalue weighted by Gasteiger charge is 2.43. The van der Waals surface area contributed by atoms with Gasteiger partial charge in [0.05, 0.1) is 11.7 Å². The maximum absolute atomic E-state index is 4.72. The number of aromatic nitrogens is 3. The summed E-state index contributed by atoms with van der Waals surface area (Å²) in [5.74, 6) is 0.908. The molecule has 0 bridgehead atoms. The largest absolute Gasteiger partial charge is 0.296 e. The zero-order valence-electron chi connectivity index (χ0n) is 17.4. The molecule has 5 heteroatoms. The van der Waals surface area contributed by atoms with E-state index < -0.39 is 0 Å². The molecule has 30 heavy (non-hydrogen) atoms. The highest BCUT2D eigenvalue weighted by atomic mass is 15.5. The molecule has 2 aromatic carbocycles. The van der Waals surface area contributed by atoms with Crippen molar-refractivity contribution < 1.29 is 0 Å². The maximum Gasteiger partial charge on any atom is 0.116 e. The molecule has 0 amide bonds. The summed E-state index contributed by atoms with van der Waals surface area (Å²) < 4.78 is 2.28. The second kappa shape index (κ2) is 7.64. The van der Waals surface area contributed by atoms with Gasteiger partial charge >= 0.3 is 0 Å². The summed E-state index contributed by atoms with van der Waals surface area (Å²) in [5.41, 5.74) is 4.97. The van der Waals surface area contributed by atoms with Crippen molar-refractivity contribution in [1.82, 2.24) is 24.8 Å². The number of nitrogens with zero attached hydrogens (tertiary/aromatic N) is 5. The van der Waals surface area contributed by atoms with Crippen molar-refractivity contribution in [3.8, 4) is 11.3 Å². The Morgan fingerprint density at radius 3 is 2.37 bits per heavy atom. The minimum atomic E-state index is 0.384. The molecule has 3 heterocycles. The third-order valence-corrected chi connectivity index (χ3v) is 7.03. The van der Waals surface area contributed by atoms with Crippen LogP contribution in [0, 0.1) is 5.92 Å². The van der Waals surface area contributed by atoms with Gasteiger partial charge in [0.2, 0.25) is 0 Å². The van der Waals surface area contributed by atoms with E-state index in [1.807, 2.05) is 0 Å². The Hall–Kier alpha value is -2.50. The molecule has 2 fully saturated rings. The molecule has 154 valence electrons. The molecule has 2 aliphatic heterocycles. The molecule has 0 radical (unpaired) electrons. The van der Waals surface area contributed by atoms with E-state index in [2.05, 4.69) is 80.2 Å². The van der Waals surface area contributed by atoms with Gasteiger partial charge in [0.25, 0.3) is 0 Å². The van der Waals surface area contributed by atoms with Crippen LogP contribution in [0.1, 0.15) is 30.1 Å². The molecule has 6 rings (SSSR count). The topological polar surface area (TPSA) is 37.2 Å². The predicted octanol–water partition coefficient (Wildman–Crippen LogP) is 3.64. The first kappa shape index (κ1) is 18.3. The highest BCUT2D eigenvalue weighted by molar-refractivity contribution is 5.61. The van der Waals surface area contributed by atoms with Crippen LogP contribution in [0.5, 0.6) is 0 Å². The van der Waals surface area contributed by atoms with E-state index in [-0.39, 0.29) is 0 Å². The molecule has 1 saturated carbocycles. The molecule has 3 aromatic rings. The summed E-state index contributed by atoms with van der Waals surface area (Å²) in [6, 6.07) is 22.4. The van der Waals surface area contributed by atoms with Crippen molar-refractivity contribution in [3.63, 3.8) is 0 Å². The number of rotatable bonds is 5. The van der Waals surface area contributed by atoms with Gasteiger partial charge < -0.3 is 0 Å². The summed E-state index contributed by atoms with van der Waals surface area (Å²) >= 11 is 0. The average Bonchev–Trinajstić information content (AvgIpc) is 3.39. The Kier molecular flexibility index (Phi) is 4.65. The van der Waals surface area contributed by atoms with Gasteiger partial charge in [0.1, 0.15) is 5.69 Å². The maximum atomic E-state index is 4.72. The van der Waals surface area contributed by atoms with Gasteiger partial charge in [-0.3, -0.25) is 9.80 Å². The van der Waals surface area contributed by atoms with Crippen LogP contribution in [0.15, 0.2) is 60.7 Å². The Morgan fingerprint density at radius 2 is 1.60 bits per heavy atom. The molecule has 0 unspecified atom stereocenters. The number of hydrogen-bond donors (Lipinski definition) is 0. The number of benzene rings is 2. The first-order valence-corrected chi connectivity index (χ1v) is 11.3. The van der Waals surface area contributed by atoms with Crippen LogP contribution >= 0.6 is 0 Å². The van der Waals surface area contributed by atoms with Gasteiger partial charge in [0.15, 0.2) is 0 Å². The van der Waals surface area contributed by atoms with Gasteiger partial charge in [-0.05, 0) is 24.3 Å². The molecule has 0 N–H and O–H groups in total. The minimum Gasteiger partial charge on any atom is -0.296 e. The second-order valence-electron chi connectivity index (χ2n) is 9.20. The fourth-order valence-corrected chi connectivity index (χ4v) is 5.32. The van der Waals surface area contributed by atoms with Crippen molar-refractivity contribution in [3.05, 3.63) is 71.9 Å². The van der Waals surface area contributed by atoms with Crippen molar-refractivity contribution in [2.24, 2.45) is 5.92 Å². The standard InChI is InChI=1S/C25H29N5/c1-3-7-19(8-4-1)15-28-17-23-24(18-28)30-22(13-14-29(23)16-20-11-12-20)25(26-27-30)21-9-5-2-6-10-21/h1-10,20,23-24H,11-18H2/t23-,24+/m0/s1. The third kappa shape index (κ3) is 3.46. The molecule has 2 atom stereocenters. The van der Waals surface area contributed by atoms with E-state index in [1.165, 1.54) is 36.2 Å². The van der Waals surface area contributed by atoms with E-state index in [1.54, 1.807) is 0 Å². The zero-order valence-corrected chi connectivity index (χ0v) is 17.4. The van der Waals surface area contributed by atoms with Crippen LogP contribution in [0.4, 0.5) is 0 Å². The molecule has 3 aliphatic rings. The fraction of sp³-hybridized carbons (Fsp3) is 0.440.